The second-order valence-corrected chi connectivity index (χ2v) is 5.01. The van der Waals surface area contributed by atoms with Gasteiger partial charge >= 0.3 is 5.97 Å². The van der Waals surface area contributed by atoms with E-state index in [9.17, 15) is 9.59 Å². The molecule has 5 nitrogen and oxygen atoms in total. The molecule has 0 aromatic heterocycles. The summed E-state index contributed by atoms with van der Waals surface area (Å²) >= 11 is 0. The van der Waals surface area contributed by atoms with Gasteiger partial charge in [-0.05, 0) is 18.4 Å². The number of carboxylic acid groups (broad SMARTS) is 1. The van der Waals surface area contributed by atoms with Crippen LogP contribution in [-0.2, 0) is 16.0 Å². The number of carbonyl (C=O) groups is 2. The van der Waals surface area contributed by atoms with Crippen molar-refractivity contribution in [1.82, 2.24) is 4.90 Å². The van der Waals surface area contributed by atoms with Gasteiger partial charge in [-0.25, -0.2) is 0 Å². The first kappa shape index (κ1) is 13.5. The fourth-order valence-corrected chi connectivity index (χ4v) is 2.27. The van der Waals surface area contributed by atoms with Crippen molar-refractivity contribution in [3.8, 4) is 0 Å². The van der Waals surface area contributed by atoms with E-state index in [1.807, 2.05) is 30.3 Å². The Labute approximate surface area is 112 Å². The summed E-state index contributed by atoms with van der Waals surface area (Å²) in [7, 11) is 0. The number of nitrogens with two attached hydrogens (primary N) is 1. The molecule has 1 atom stereocenters. The third-order valence-corrected chi connectivity index (χ3v) is 3.55. The summed E-state index contributed by atoms with van der Waals surface area (Å²) in [6, 6.07) is 9.75. The summed E-state index contributed by atoms with van der Waals surface area (Å²) in [6.45, 7) is 0.534. The maximum atomic E-state index is 12.0. The molecule has 2 rings (SSSR count). The fourth-order valence-electron chi connectivity index (χ4n) is 2.27. The van der Waals surface area contributed by atoms with Gasteiger partial charge in [-0.3, -0.25) is 9.59 Å². The fraction of sp³-hybridized carbons (Fsp3) is 0.429. The van der Waals surface area contributed by atoms with E-state index in [1.54, 1.807) is 4.90 Å². The lowest BCUT2D eigenvalue weighted by atomic mass is 10.0. The number of rotatable bonds is 4. The molecule has 1 heterocycles. The van der Waals surface area contributed by atoms with E-state index in [0.29, 0.717) is 25.8 Å². The van der Waals surface area contributed by atoms with Gasteiger partial charge in [0.25, 0.3) is 0 Å². The molecule has 0 aliphatic carbocycles. The molecule has 1 unspecified atom stereocenters. The second-order valence-electron chi connectivity index (χ2n) is 5.01. The van der Waals surface area contributed by atoms with Crippen molar-refractivity contribution in [2.24, 2.45) is 5.73 Å². The van der Waals surface area contributed by atoms with Crippen LogP contribution in [0.2, 0.25) is 0 Å². The minimum Gasteiger partial charge on any atom is -0.480 e. The monoisotopic (exact) mass is 262 g/mol. The van der Waals surface area contributed by atoms with E-state index >= 15 is 0 Å². The topological polar surface area (TPSA) is 83.6 Å². The standard InChI is InChI=1S/C14H18N2O3/c15-14(13(18)19)8-9-16(10-14)12(17)7-6-11-4-2-1-3-5-11/h1-5H,6-10,15H2,(H,18,19). The highest BCUT2D eigenvalue weighted by Crippen LogP contribution is 2.20. The average Bonchev–Trinajstić information content (AvgIpc) is 2.81. The van der Waals surface area contributed by atoms with Crippen LogP contribution in [0.1, 0.15) is 18.4 Å². The highest BCUT2D eigenvalue weighted by atomic mass is 16.4. The van der Waals surface area contributed by atoms with Crippen molar-refractivity contribution in [2.75, 3.05) is 13.1 Å². The van der Waals surface area contributed by atoms with E-state index in [1.165, 1.54) is 0 Å². The van der Waals surface area contributed by atoms with Crippen LogP contribution in [0.15, 0.2) is 30.3 Å². The maximum Gasteiger partial charge on any atom is 0.325 e. The molecule has 1 saturated heterocycles. The van der Waals surface area contributed by atoms with Crippen LogP contribution in [-0.4, -0.2) is 40.5 Å². The van der Waals surface area contributed by atoms with Gasteiger partial charge in [0.05, 0.1) is 0 Å². The number of hydrogen-bond acceptors (Lipinski definition) is 3. The summed E-state index contributed by atoms with van der Waals surface area (Å²) < 4.78 is 0. The third kappa shape index (κ3) is 3.12. The molecule has 0 radical (unpaired) electrons. The first-order valence-electron chi connectivity index (χ1n) is 6.35. The van der Waals surface area contributed by atoms with Gasteiger partial charge in [-0.1, -0.05) is 30.3 Å². The molecule has 0 bridgehead atoms. The first-order valence-corrected chi connectivity index (χ1v) is 6.35. The van der Waals surface area contributed by atoms with E-state index in [2.05, 4.69) is 0 Å². The lowest BCUT2D eigenvalue weighted by Gasteiger charge is -2.20. The molecule has 19 heavy (non-hydrogen) atoms. The van der Waals surface area contributed by atoms with Crippen molar-refractivity contribution in [3.63, 3.8) is 0 Å². The van der Waals surface area contributed by atoms with Gasteiger partial charge in [0.2, 0.25) is 5.91 Å². The summed E-state index contributed by atoms with van der Waals surface area (Å²) in [5, 5.41) is 9.02. The Morgan fingerprint density at radius 3 is 2.58 bits per heavy atom. The number of benzene rings is 1. The van der Waals surface area contributed by atoms with Gasteiger partial charge in [-0.2, -0.15) is 0 Å². The van der Waals surface area contributed by atoms with Crippen molar-refractivity contribution < 1.29 is 14.7 Å². The number of aryl methyl sites for hydroxylation is 1. The molecule has 0 spiro atoms. The molecule has 5 heteroatoms. The number of carboxylic acids is 1. The van der Waals surface area contributed by atoms with Crippen LogP contribution in [0.3, 0.4) is 0 Å². The number of likely N-dealkylation sites (tertiary alicyclic amines) is 1. The highest BCUT2D eigenvalue weighted by Gasteiger charge is 2.42. The predicted octanol–water partition coefficient (Wildman–Crippen LogP) is 0.634. The first-order chi connectivity index (χ1) is 9.01. The Morgan fingerprint density at radius 1 is 1.32 bits per heavy atom. The molecule has 0 saturated carbocycles. The smallest absolute Gasteiger partial charge is 0.325 e. The summed E-state index contributed by atoms with van der Waals surface area (Å²) in [4.78, 5) is 24.6. The molecule has 1 aromatic rings. The van der Waals surface area contributed by atoms with E-state index in [4.69, 9.17) is 10.8 Å². The number of aliphatic carboxylic acids is 1. The number of hydrogen-bond donors (Lipinski definition) is 2. The van der Waals surface area contributed by atoms with Crippen LogP contribution >= 0.6 is 0 Å². The number of carbonyl (C=O) groups excluding carboxylic acids is 1. The molecule has 1 aliphatic heterocycles. The van der Waals surface area contributed by atoms with Gasteiger partial charge < -0.3 is 15.7 Å². The van der Waals surface area contributed by atoms with Crippen LogP contribution in [0.25, 0.3) is 0 Å². The van der Waals surface area contributed by atoms with Crippen LogP contribution < -0.4 is 5.73 Å². The lowest BCUT2D eigenvalue weighted by Crippen LogP contribution is -2.50. The maximum absolute atomic E-state index is 12.0. The largest absolute Gasteiger partial charge is 0.480 e. The molecular weight excluding hydrogens is 244 g/mol. The molecular formula is C14H18N2O3. The van der Waals surface area contributed by atoms with Crippen LogP contribution in [0.4, 0.5) is 0 Å². The SMILES string of the molecule is NC1(C(=O)O)CCN(C(=O)CCc2ccccc2)C1. The predicted molar refractivity (Wildman–Crippen MR) is 70.5 cm³/mol. The summed E-state index contributed by atoms with van der Waals surface area (Å²) in [5.74, 6) is -1.07. The molecule has 3 N–H and O–H groups in total. The summed E-state index contributed by atoms with van der Waals surface area (Å²) in [6.07, 6.45) is 1.37. The molecule has 102 valence electrons. The van der Waals surface area contributed by atoms with Gasteiger partial charge in [-0.15, -0.1) is 0 Å². The Kier molecular flexibility index (Phi) is 3.85. The van der Waals surface area contributed by atoms with E-state index in [0.717, 1.165) is 5.56 Å². The lowest BCUT2D eigenvalue weighted by molar-refractivity contribution is -0.143. The second kappa shape index (κ2) is 5.40. The quantitative estimate of drug-likeness (QED) is 0.833. The average molecular weight is 262 g/mol. The zero-order chi connectivity index (χ0) is 13.9. The van der Waals surface area contributed by atoms with E-state index < -0.39 is 11.5 Å². The Balaban J connectivity index is 1.87. The third-order valence-electron chi connectivity index (χ3n) is 3.55. The number of amides is 1. The van der Waals surface area contributed by atoms with Crippen LogP contribution in [0.5, 0.6) is 0 Å². The number of nitrogens with zero attached hydrogens (tertiary/aromatic N) is 1. The zero-order valence-corrected chi connectivity index (χ0v) is 10.7. The van der Waals surface area contributed by atoms with Crippen molar-refractivity contribution in [2.45, 2.75) is 24.8 Å². The normalized spacial score (nSPS) is 22.5. The van der Waals surface area contributed by atoms with Crippen molar-refractivity contribution in [3.05, 3.63) is 35.9 Å². The minimum atomic E-state index is -1.28. The Bertz CT molecular complexity index is 475. The van der Waals surface area contributed by atoms with Crippen LogP contribution in [0, 0.1) is 0 Å². The van der Waals surface area contributed by atoms with Crippen molar-refractivity contribution in [1.29, 1.82) is 0 Å². The molecule has 1 fully saturated rings. The van der Waals surface area contributed by atoms with E-state index in [-0.39, 0.29) is 12.5 Å². The minimum absolute atomic E-state index is 0.0302. The van der Waals surface area contributed by atoms with Crippen molar-refractivity contribution >= 4 is 11.9 Å². The Hall–Kier alpha value is -1.88. The molecule has 1 aliphatic rings. The van der Waals surface area contributed by atoms with Gasteiger partial charge in [0.15, 0.2) is 0 Å². The molecule has 1 amide bonds. The Morgan fingerprint density at radius 2 is 2.00 bits per heavy atom. The molecule has 1 aromatic carbocycles. The van der Waals surface area contributed by atoms with Gasteiger partial charge in [0, 0.05) is 19.5 Å². The zero-order valence-electron chi connectivity index (χ0n) is 10.7. The summed E-state index contributed by atoms with van der Waals surface area (Å²) in [5.41, 5.74) is 5.57. The highest BCUT2D eigenvalue weighted by molar-refractivity contribution is 5.83. The van der Waals surface area contributed by atoms with Gasteiger partial charge in [0.1, 0.15) is 5.54 Å².